The van der Waals surface area contributed by atoms with Gasteiger partial charge in [-0.2, -0.15) is 0 Å². The van der Waals surface area contributed by atoms with E-state index in [0.717, 1.165) is 12.8 Å². The van der Waals surface area contributed by atoms with Crippen LogP contribution < -0.4 is 5.32 Å². The fraction of sp³-hybridized carbons (Fsp3) is 0.438. The zero-order valence-electron chi connectivity index (χ0n) is 11.9. The van der Waals surface area contributed by atoms with Crippen molar-refractivity contribution >= 4 is 23.2 Å². The summed E-state index contributed by atoms with van der Waals surface area (Å²) in [4.78, 5) is 12.1. The maximum Gasteiger partial charge on any atom is 0.227 e. The molecule has 1 atom stereocenters. The largest absolute Gasteiger partial charge is 0.395 e. The molecule has 0 fully saturated rings. The van der Waals surface area contributed by atoms with E-state index in [1.54, 1.807) is 18.2 Å². The van der Waals surface area contributed by atoms with Gasteiger partial charge in [0.2, 0.25) is 5.91 Å². The normalized spacial score (nSPS) is 11.4. The molecular formula is C16H20ClNO2. The highest BCUT2D eigenvalue weighted by molar-refractivity contribution is 6.31. The van der Waals surface area contributed by atoms with Crippen molar-refractivity contribution in [3.8, 4) is 11.8 Å². The van der Waals surface area contributed by atoms with Gasteiger partial charge in [0.05, 0.1) is 12.3 Å². The molecule has 0 spiro atoms. The lowest BCUT2D eigenvalue weighted by molar-refractivity contribution is -0.119. The lowest BCUT2D eigenvalue weighted by Gasteiger charge is -2.12. The van der Waals surface area contributed by atoms with Gasteiger partial charge in [0.1, 0.15) is 0 Å². The SMILES string of the molecule is CCCC(C)C(=O)Nc1cc(Cl)ccc1C#CCCO. The van der Waals surface area contributed by atoms with E-state index in [4.69, 9.17) is 16.7 Å². The Kier molecular flexibility index (Phi) is 7.14. The number of aliphatic hydroxyl groups excluding tert-OH is 1. The Morgan fingerprint density at radius 3 is 2.90 bits per heavy atom. The number of aliphatic hydroxyl groups is 1. The van der Waals surface area contributed by atoms with Gasteiger partial charge >= 0.3 is 0 Å². The van der Waals surface area contributed by atoms with Crippen molar-refractivity contribution in [2.75, 3.05) is 11.9 Å². The number of amides is 1. The van der Waals surface area contributed by atoms with Crippen LogP contribution in [-0.4, -0.2) is 17.6 Å². The molecule has 0 bridgehead atoms. The Labute approximate surface area is 125 Å². The quantitative estimate of drug-likeness (QED) is 0.817. The predicted octanol–water partition coefficient (Wildman–Crippen LogP) is 3.45. The third-order valence-electron chi connectivity index (χ3n) is 2.87. The molecule has 0 aliphatic rings. The van der Waals surface area contributed by atoms with Crippen LogP contribution in [0.2, 0.25) is 5.02 Å². The summed E-state index contributed by atoms with van der Waals surface area (Å²) in [6, 6.07) is 5.20. The number of carbonyl (C=O) groups is 1. The summed E-state index contributed by atoms with van der Waals surface area (Å²) >= 11 is 5.96. The average Bonchev–Trinajstić information content (AvgIpc) is 2.41. The number of halogens is 1. The van der Waals surface area contributed by atoms with Gasteiger partial charge in [-0.25, -0.2) is 0 Å². The van der Waals surface area contributed by atoms with Crippen LogP contribution in [0.15, 0.2) is 18.2 Å². The minimum Gasteiger partial charge on any atom is -0.395 e. The second-order valence-corrected chi connectivity index (χ2v) is 5.08. The highest BCUT2D eigenvalue weighted by Gasteiger charge is 2.13. The number of hydrogen-bond acceptors (Lipinski definition) is 2. The van der Waals surface area contributed by atoms with E-state index < -0.39 is 0 Å². The van der Waals surface area contributed by atoms with Crippen LogP contribution in [0.3, 0.4) is 0 Å². The van der Waals surface area contributed by atoms with Crippen LogP contribution in [0.1, 0.15) is 38.7 Å². The van der Waals surface area contributed by atoms with Gasteiger partial charge in [-0.3, -0.25) is 4.79 Å². The fourth-order valence-electron chi connectivity index (χ4n) is 1.76. The molecule has 0 aliphatic carbocycles. The van der Waals surface area contributed by atoms with Crippen LogP contribution in [0.4, 0.5) is 5.69 Å². The van der Waals surface area contributed by atoms with Crippen molar-refractivity contribution in [1.82, 2.24) is 0 Å². The first-order valence-electron chi connectivity index (χ1n) is 6.78. The summed E-state index contributed by atoms with van der Waals surface area (Å²) in [6.07, 6.45) is 2.22. The molecule has 1 aromatic carbocycles. The summed E-state index contributed by atoms with van der Waals surface area (Å²) in [6.45, 7) is 3.98. The van der Waals surface area contributed by atoms with Crippen molar-refractivity contribution < 1.29 is 9.90 Å². The summed E-state index contributed by atoms with van der Waals surface area (Å²) in [7, 11) is 0. The number of nitrogens with one attached hydrogen (secondary N) is 1. The van der Waals surface area contributed by atoms with Gasteiger partial charge in [-0.05, 0) is 24.6 Å². The van der Waals surface area contributed by atoms with E-state index in [9.17, 15) is 4.79 Å². The van der Waals surface area contributed by atoms with Crippen LogP contribution in [-0.2, 0) is 4.79 Å². The topological polar surface area (TPSA) is 49.3 Å². The van der Waals surface area contributed by atoms with E-state index in [1.165, 1.54) is 0 Å². The van der Waals surface area contributed by atoms with E-state index in [2.05, 4.69) is 24.1 Å². The molecule has 1 unspecified atom stereocenters. The number of anilines is 1. The Hall–Kier alpha value is -1.50. The van der Waals surface area contributed by atoms with Gasteiger partial charge in [0, 0.05) is 22.9 Å². The van der Waals surface area contributed by atoms with E-state index >= 15 is 0 Å². The van der Waals surface area contributed by atoms with Crippen molar-refractivity contribution in [2.45, 2.75) is 33.1 Å². The molecule has 1 aromatic rings. The Balaban J connectivity index is 2.90. The van der Waals surface area contributed by atoms with E-state index in [-0.39, 0.29) is 18.4 Å². The monoisotopic (exact) mass is 293 g/mol. The fourth-order valence-corrected chi connectivity index (χ4v) is 1.93. The Bertz CT molecular complexity index is 517. The first kappa shape index (κ1) is 16.6. The maximum absolute atomic E-state index is 12.1. The average molecular weight is 294 g/mol. The molecule has 3 nitrogen and oxygen atoms in total. The van der Waals surface area contributed by atoms with Crippen molar-refractivity contribution in [2.24, 2.45) is 5.92 Å². The van der Waals surface area contributed by atoms with E-state index in [1.807, 2.05) is 6.92 Å². The van der Waals surface area contributed by atoms with Crippen molar-refractivity contribution in [3.05, 3.63) is 28.8 Å². The number of carbonyl (C=O) groups excluding carboxylic acids is 1. The first-order valence-corrected chi connectivity index (χ1v) is 7.16. The molecule has 4 heteroatoms. The summed E-state index contributed by atoms with van der Waals surface area (Å²) in [5.41, 5.74) is 1.33. The highest BCUT2D eigenvalue weighted by Crippen LogP contribution is 2.21. The Morgan fingerprint density at radius 2 is 2.25 bits per heavy atom. The minimum absolute atomic E-state index is 0.0236. The molecule has 1 rings (SSSR count). The molecular weight excluding hydrogens is 274 g/mol. The van der Waals surface area contributed by atoms with Crippen LogP contribution in [0, 0.1) is 17.8 Å². The smallest absolute Gasteiger partial charge is 0.227 e. The molecule has 108 valence electrons. The van der Waals surface area contributed by atoms with Crippen LogP contribution in [0.5, 0.6) is 0 Å². The first-order chi connectivity index (χ1) is 9.58. The molecule has 1 amide bonds. The highest BCUT2D eigenvalue weighted by atomic mass is 35.5. The standard InChI is InChI=1S/C16H20ClNO2/c1-3-6-12(2)16(20)18-15-11-14(17)9-8-13(15)7-4-5-10-19/h8-9,11-12,19H,3,5-6,10H2,1-2H3,(H,18,20). The zero-order valence-corrected chi connectivity index (χ0v) is 12.6. The maximum atomic E-state index is 12.1. The summed E-state index contributed by atoms with van der Waals surface area (Å²) in [5, 5.41) is 12.2. The molecule has 0 saturated carbocycles. The lowest BCUT2D eigenvalue weighted by atomic mass is 10.0. The number of hydrogen-bond donors (Lipinski definition) is 2. The molecule has 0 heterocycles. The minimum atomic E-state index is -0.0442. The van der Waals surface area contributed by atoms with Crippen molar-refractivity contribution in [3.63, 3.8) is 0 Å². The van der Waals surface area contributed by atoms with Gasteiger partial charge in [-0.1, -0.05) is 43.7 Å². The van der Waals surface area contributed by atoms with E-state index in [0.29, 0.717) is 22.7 Å². The second-order valence-electron chi connectivity index (χ2n) is 4.64. The molecule has 0 saturated heterocycles. The van der Waals surface area contributed by atoms with Gasteiger partial charge in [0.25, 0.3) is 0 Å². The van der Waals surface area contributed by atoms with Crippen LogP contribution >= 0.6 is 11.6 Å². The van der Waals surface area contributed by atoms with Gasteiger partial charge in [0.15, 0.2) is 0 Å². The number of rotatable bonds is 5. The second kappa shape index (κ2) is 8.63. The molecule has 20 heavy (non-hydrogen) atoms. The van der Waals surface area contributed by atoms with Crippen LogP contribution in [0.25, 0.3) is 0 Å². The van der Waals surface area contributed by atoms with Crippen molar-refractivity contribution in [1.29, 1.82) is 0 Å². The third kappa shape index (κ3) is 5.24. The lowest BCUT2D eigenvalue weighted by Crippen LogP contribution is -2.20. The molecule has 0 aliphatic heterocycles. The summed E-state index contributed by atoms with van der Waals surface area (Å²) < 4.78 is 0. The number of benzene rings is 1. The third-order valence-corrected chi connectivity index (χ3v) is 3.10. The molecule has 2 N–H and O–H groups in total. The molecule has 0 aromatic heterocycles. The predicted molar refractivity (Wildman–Crippen MR) is 82.7 cm³/mol. The van der Waals surface area contributed by atoms with Gasteiger partial charge in [-0.15, -0.1) is 0 Å². The zero-order chi connectivity index (χ0) is 15.0. The van der Waals surface area contributed by atoms with Gasteiger partial charge < -0.3 is 10.4 Å². The molecule has 0 radical (unpaired) electrons. The summed E-state index contributed by atoms with van der Waals surface area (Å²) in [5.74, 6) is 5.71. The Morgan fingerprint density at radius 1 is 1.50 bits per heavy atom.